The van der Waals surface area contributed by atoms with E-state index in [1.807, 2.05) is 11.3 Å². The Balaban J connectivity index is 2.10. The largest absolute Gasteiger partial charge is 0.348 e. The van der Waals surface area contributed by atoms with Crippen LogP contribution in [0.25, 0.3) is 0 Å². The average molecular weight is 295 g/mol. The molecule has 4 heteroatoms. The maximum Gasteiger partial charge on any atom is 0.185 e. The molecule has 1 aromatic heterocycles. The van der Waals surface area contributed by atoms with Crippen LogP contribution in [-0.2, 0) is 6.54 Å². The van der Waals surface area contributed by atoms with Crippen molar-refractivity contribution in [1.29, 1.82) is 0 Å². The molecule has 0 unspecified atom stereocenters. The van der Waals surface area contributed by atoms with Gasteiger partial charge in [0, 0.05) is 24.5 Å². The van der Waals surface area contributed by atoms with Crippen LogP contribution in [0.1, 0.15) is 69.4 Å². The quantitative estimate of drug-likeness (QED) is 0.799. The minimum absolute atomic E-state index is 0.519. The molecule has 0 bridgehead atoms. The van der Waals surface area contributed by atoms with Crippen molar-refractivity contribution in [3.8, 4) is 0 Å². The second kappa shape index (κ2) is 7.99. The first-order chi connectivity index (χ1) is 9.72. The van der Waals surface area contributed by atoms with E-state index in [1.54, 1.807) is 0 Å². The van der Waals surface area contributed by atoms with E-state index in [4.69, 9.17) is 4.98 Å². The first kappa shape index (κ1) is 15.8. The van der Waals surface area contributed by atoms with Gasteiger partial charge in [-0.2, -0.15) is 0 Å². The van der Waals surface area contributed by atoms with Crippen LogP contribution in [0.3, 0.4) is 0 Å². The van der Waals surface area contributed by atoms with E-state index in [1.165, 1.54) is 60.9 Å². The fraction of sp³-hybridized carbons (Fsp3) is 0.812. The van der Waals surface area contributed by atoms with Gasteiger partial charge in [-0.15, -0.1) is 11.3 Å². The molecule has 2 rings (SSSR count). The van der Waals surface area contributed by atoms with Crippen LogP contribution in [-0.4, -0.2) is 24.6 Å². The van der Waals surface area contributed by atoms with Crippen molar-refractivity contribution < 1.29 is 0 Å². The Morgan fingerprint density at radius 2 is 1.90 bits per heavy atom. The van der Waals surface area contributed by atoms with Gasteiger partial charge in [0.05, 0.1) is 5.69 Å². The Kier molecular flexibility index (Phi) is 6.30. The van der Waals surface area contributed by atoms with E-state index in [0.29, 0.717) is 5.92 Å². The monoisotopic (exact) mass is 295 g/mol. The van der Waals surface area contributed by atoms with Crippen molar-refractivity contribution in [2.45, 2.75) is 65.3 Å². The van der Waals surface area contributed by atoms with Crippen LogP contribution in [0.15, 0.2) is 0 Å². The summed E-state index contributed by atoms with van der Waals surface area (Å²) in [6, 6.07) is 0. The number of nitrogens with zero attached hydrogens (tertiary/aromatic N) is 2. The zero-order chi connectivity index (χ0) is 14.4. The van der Waals surface area contributed by atoms with Gasteiger partial charge in [-0.3, -0.25) is 0 Å². The molecule has 1 aromatic rings. The van der Waals surface area contributed by atoms with E-state index in [9.17, 15) is 0 Å². The third-order valence-corrected chi connectivity index (χ3v) is 4.98. The first-order valence-electron chi connectivity index (χ1n) is 8.17. The highest BCUT2D eigenvalue weighted by molar-refractivity contribution is 7.15. The fourth-order valence-corrected chi connectivity index (χ4v) is 3.94. The minimum Gasteiger partial charge on any atom is -0.348 e. The molecule has 1 N–H and O–H groups in total. The van der Waals surface area contributed by atoms with E-state index in [0.717, 1.165) is 13.1 Å². The van der Waals surface area contributed by atoms with Crippen LogP contribution >= 0.6 is 11.3 Å². The zero-order valence-corrected chi connectivity index (χ0v) is 14.1. The molecule has 0 spiro atoms. The zero-order valence-electron chi connectivity index (χ0n) is 13.2. The van der Waals surface area contributed by atoms with Gasteiger partial charge in [-0.1, -0.05) is 33.6 Å². The smallest absolute Gasteiger partial charge is 0.185 e. The molecule has 2 heterocycles. The van der Waals surface area contributed by atoms with Crippen LogP contribution in [0.5, 0.6) is 0 Å². The third-order valence-electron chi connectivity index (χ3n) is 3.85. The molecule has 20 heavy (non-hydrogen) atoms. The number of nitrogens with one attached hydrogen (secondary N) is 1. The van der Waals surface area contributed by atoms with Gasteiger partial charge in [0.25, 0.3) is 0 Å². The molecule has 114 valence electrons. The number of rotatable bonds is 6. The maximum atomic E-state index is 4.96. The lowest BCUT2D eigenvalue weighted by molar-refractivity contribution is 0.670. The lowest BCUT2D eigenvalue weighted by Gasteiger charge is -2.18. The summed E-state index contributed by atoms with van der Waals surface area (Å²) >= 11 is 1.91. The highest BCUT2D eigenvalue weighted by atomic mass is 32.1. The molecule has 1 fully saturated rings. The minimum atomic E-state index is 0.519. The number of thiazole rings is 1. The molecular formula is C16H29N3S. The predicted molar refractivity (Wildman–Crippen MR) is 88.9 cm³/mol. The van der Waals surface area contributed by atoms with Crippen molar-refractivity contribution in [2.24, 2.45) is 0 Å². The highest BCUT2D eigenvalue weighted by Gasteiger charge is 2.18. The number of hydrogen-bond acceptors (Lipinski definition) is 4. The molecular weight excluding hydrogens is 266 g/mol. The van der Waals surface area contributed by atoms with Gasteiger partial charge in [-0.05, 0) is 31.7 Å². The molecule has 0 radical (unpaired) electrons. The Morgan fingerprint density at radius 1 is 1.20 bits per heavy atom. The van der Waals surface area contributed by atoms with E-state index < -0.39 is 0 Å². The average Bonchev–Trinajstić information content (AvgIpc) is 2.67. The van der Waals surface area contributed by atoms with Gasteiger partial charge in [0.15, 0.2) is 5.13 Å². The van der Waals surface area contributed by atoms with Crippen molar-refractivity contribution >= 4 is 16.5 Å². The molecule has 1 aliphatic heterocycles. The molecule has 0 amide bonds. The van der Waals surface area contributed by atoms with Crippen molar-refractivity contribution in [3.63, 3.8) is 0 Å². The summed E-state index contributed by atoms with van der Waals surface area (Å²) in [5.41, 5.74) is 1.30. The predicted octanol–water partition coefficient (Wildman–Crippen LogP) is 4.15. The molecule has 0 atom stereocenters. The van der Waals surface area contributed by atoms with Gasteiger partial charge in [0.2, 0.25) is 0 Å². The topological polar surface area (TPSA) is 28.2 Å². The second-order valence-corrected chi connectivity index (χ2v) is 7.10. The van der Waals surface area contributed by atoms with Crippen molar-refractivity contribution in [2.75, 3.05) is 24.5 Å². The Hall–Kier alpha value is -0.610. The number of anilines is 1. The summed E-state index contributed by atoms with van der Waals surface area (Å²) in [5, 5.41) is 4.78. The summed E-state index contributed by atoms with van der Waals surface area (Å²) in [5.74, 6) is 0.519. The Morgan fingerprint density at radius 3 is 2.50 bits per heavy atom. The Bertz CT molecular complexity index is 392. The van der Waals surface area contributed by atoms with Crippen LogP contribution < -0.4 is 10.2 Å². The molecule has 1 saturated heterocycles. The van der Waals surface area contributed by atoms with Crippen LogP contribution in [0.2, 0.25) is 0 Å². The SMILES string of the molecule is CCCNCc1sc(N2CCCCCC2)nc1C(C)C. The molecule has 3 nitrogen and oxygen atoms in total. The number of hydrogen-bond donors (Lipinski definition) is 1. The first-order valence-corrected chi connectivity index (χ1v) is 8.99. The highest BCUT2D eigenvalue weighted by Crippen LogP contribution is 2.31. The van der Waals surface area contributed by atoms with Gasteiger partial charge in [0.1, 0.15) is 0 Å². The molecule has 0 aromatic carbocycles. The van der Waals surface area contributed by atoms with E-state index in [-0.39, 0.29) is 0 Å². The molecule has 0 aliphatic carbocycles. The van der Waals surface area contributed by atoms with Crippen LogP contribution in [0, 0.1) is 0 Å². The van der Waals surface area contributed by atoms with Gasteiger partial charge in [-0.25, -0.2) is 4.98 Å². The summed E-state index contributed by atoms with van der Waals surface area (Å²) in [6.07, 6.45) is 6.59. The van der Waals surface area contributed by atoms with E-state index in [2.05, 4.69) is 31.0 Å². The van der Waals surface area contributed by atoms with Crippen molar-refractivity contribution in [3.05, 3.63) is 10.6 Å². The standard InChI is InChI=1S/C16H29N3S/c1-4-9-17-12-14-15(13(2)3)18-16(20-14)19-10-7-5-6-8-11-19/h13,17H,4-12H2,1-3H3. The second-order valence-electron chi connectivity index (χ2n) is 6.04. The molecule has 1 aliphatic rings. The normalized spacial score (nSPS) is 16.7. The molecule has 0 saturated carbocycles. The lowest BCUT2D eigenvalue weighted by Crippen LogP contribution is -2.23. The third kappa shape index (κ3) is 4.19. The van der Waals surface area contributed by atoms with Crippen LogP contribution in [0.4, 0.5) is 5.13 Å². The maximum absolute atomic E-state index is 4.96. The summed E-state index contributed by atoms with van der Waals surface area (Å²) in [6.45, 7) is 11.2. The summed E-state index contributed by atoms with van der Waals surface area (Å²) in [4.78, 5) is 8.90. The number of aromatic nitrogens is 1. The fourth-order valence-electron chi connectivity index (χ4n) is 2.70. The Labute approximate surface area is 127 Å². The summed E-state index contributed by atoms with van der Waals surface area (Å²) < 4.78 is 0. The lowest BCUT2D eigenvalue weighted by atomic mass is 10.1. The van der Waals surface area contributed by atoms with E-state index >= 15 is 0 Å². The van der Waals surface area contributed by atoms with Gasteiger partial charge >= 0.3 is 0 Å². The summed E-state index contributed by atoms with van der Waals surface area (Å²) in [7, 11) is 0. The van der Waals surface area contributed by atoms with Crippen molar-refractivity contribution in [1.82, 2.24) is 10.3 Å². The van der Waals surface area contributed by atoms with Gasteiger partial charge < -0.3 is 10.2 Å².